The van der Waals surface area contributed by atoms with E-state index in [-0.39, 0.29) is 12.2 Å². The predicted molar refractivity (Wildman–Crippen MR) is 65.2 cm³/mol. The van der Waals surface area contributed by atoms with Crippen LogP contribution < -0.4 is 5.32 Å². The van der Waals surface area contributed by atoms with E-state index in [1.807, 2.05) is 5.32 Å². The summed E-state index contributed by atoms with van der Waals surface area (Å²) in [5.41, 5.74) is -0.309. The zero-order valence-electron chi connectivity index (χ0n) is 10.1. The number of hydrogen-bond acceptors (Lipinski definition) is 4. The maximum absolute atomic E-state index is 13.4. The molecular formula is C13H11FN2O3. The fourth-order valence-electron chi connectivity index (χ4n) is 1.22. The van der Waals surface area contributed by atoms with Crippen LogP contribution in [0.2, 0.25) is 0 Å². The summed E-state index contributed by atoms with van der Waals surface area (Å²) in [5.74, 6) is -1.51. The van der Waals surface area contributed by atoms with Gasteiger partial charge in [0.25, 0.3) is 5.91 Å². The number of alkyl carbamates (subject to hydrolysis) is 1. The van der Waals surface area contributed by atoms with Crippen molar-refractivity contribution in [2.24, 2.45) is 0 Å². The van der Waals surface area contributed by atoms with Gasteiger partial charge in [-0.15, -0.1) is 0 Å². The van der Waals surface area contributed by atoms with Gasteiger partial charge in [0.15, 0.2) is 0 Å². The molecule has 0 aliphatic carbocycles. The first kappa shape index (κ1) is 14.4. The number of nitriles is 1. The minimum atomic E-state index is -0.956. The van der Waals surface area contributed by atoms with Crippen molar-refractivity contribution in [2.75, 3.05) is 6.61 Å². The molecule has 1 rings (SSSR count). The summed E-state index contributed by atoms with van der Waals surface area (Å²) in [5, 5.41) is 10.7. The van der Waals surface area contributed by atoms with Gasteiger partial charge in [-0.05, 0) is 19.1 Å². The van der Waals surface area contributed by atoms with E-state index in [2.05, 4.69) is 4.74 Å². The van der Waals surface area contributed by atoms with Gasteiger partial charge in [-0.25, -0.2) is 9.18 Å². The van der Waals surface area contributed by atoms with E-state index >= 15 is 0 Å². The lowest BCUT2D eigenvalue weighted by molar-refractivity contribution is -0.116. The minimum absolute atomic E-state index is 0.0815. The molecule has 2 amide bonds. The fourth-order valence-corrected chi connectivity index (χ4v) is 1.22. The van der Waals surface area contributed by atoms with Gasteiger partial charge in [-0.1, -0.05) is 18.2 Å². The number of carbonyl (C=O) groups is 2. The van der Waals surface area contributed by atoms with Crippen molar-refractivity contribution in [3.8, 4) is 6.07 Å². The Morgan fingerprint density at radius 3 is 2.74 bits per heavy atom. The number of nitrogens with one attached hydrogen (secondary N) is 1. The van der Waals surface area contributed by atoms with Crippen LogP contribution in [0.1, 0.15) is 12.5 Å². The zero-order chi connectivity index (χ0) is 14.3. The molecule has 0 aliphatic rings. The van der Waals surface area contributed by atoms with Crippen molar-refractivity contribution < 1.29 is 18.7 Å². The number of imide groups is 1. The van der Waals surface area contributed by atoms with Crippen LogP contribution in [0, 0.1) is 17.1 Å². The van der Waals surface area contributed by atoms with Crippen LogP contribution in [-0.2, 0) is 9.53 Å². The lowest BCUT2D eigenvalue weighted by atomic mass is 10.1. The number of benzene rings is 1. The normalized spacial score (nSPS) is 10.5. The monoisotopic (exact) mass is 262 g/mol. The highest BCUT2D eigenvalue weighted by atomic mass is 19.1. The molecule has 0 saturated heterocycles. The molecule has 0 radical (unpaired) electrons. The SMILES string of the molecule is CCOC(=O)NC(=O)/C(C#N)=C/c1ccccc1F. The molecule has 0 unspecified atom stereocenters. The highest BCUT2D eigenvalue weighted by Gasteiger charge is 2.14. The molecule has 0 bridgehead atoms. The maximum Gasteiger partial charge on any atom is 0.414 e. The van der Waals surface area contributed by atoms with E-state index in [9.17, 15) is 14.0 Å². The van der Waals surface area contributed by atoms with E-state index in [1.54, 1.807) is 19.1 Å². The number of hydrogen-bond donors (Lipinski definition) is 1. The lowest BCUT2D eigenvalue weighted by Crippen LogP contribution is -2.31. The Morgan fingerprint density at radius 1 is 1.47 bits per heavy atom. The van der Waals surface area contributed by atoms with Crippen molar-refractivity contribution >= 4 is 18.1 Å². The number of halogens is 1. The number of amides is 2. The van der Waals surface area contributed by atoms with E-state index in [0.717, 1.165) is 6.08 Å². The standard InChI is InChI=1S/C13H11FN2O3/c1-2-19-13(18)16-12(17)10(8-15)7-9-5-3-4-6-11(9)14/h3-7H,2H2,1H3,(H,16,17,18)/b10-7+. The Kier molecular flexibility index (Phi) is 5.23. The Morgan fingerprint density at radius 2 is 2.16 bits per heavy atom. The van der Waals surface area contributed by atoms with E-state index in [1.165, 1.54) is 18.2 Å². The van der Waals surface area contributed by atoms with Crippen molar-refractivity contribution in [3.63, 3.8) is 0 Å². The molecule has 0 atom stereocenters. The number of nitrogens with zero attached hydrogens (tertiary/aromatic N) is 1. The molecule has 98 valence electrons. The summed E-state index contributed by atoms with van der Waals surface area (Å²) in [6.07, 6.45) is 0.103. The number of carbonyl (C=O) groups excluding carboxylic acids is 2. The molecule has 0 heterocycles. The third kappa shape index (κ3) is 4.24. The van der Waals surface area contributed by atoms with Gasteiger partial charge in [0.1, 0.15) is 17.5 Å². The molecule has 0 spiro atoms. The van der Waals surface area contributed by atoms with Crippen LogP contribution in [-0.4, -0.2) is 18.6 Å². The molecule has 1 N–H and O–H groups in total. The molecule has 1 aromatic carbocycles. The summed E-state index contributed by atoms with van der Waals surface area (Å²) in [4.78, 5) is 22.6. The molecule has 19 heavy (non-hydrogen) atoms. The topological polar surface area (TPSA) is 79.2 Å². The van der Waals surface area contributed by atoms with Gasteiger partial charge in [-0.3, -0.25) is 10.1 Å². The maximum atomic E-state index is 13.4. The molecule has 6 heteroatoms. The quantitative estimate of drug-likeness (QED) is 0.667. The highest BCUT2D eigenvalue weighted by molar-refractivity contribution is 6.07. The van der Waals surface area contributed by atoms with Gasteiger partial charge >= 0.3 is 6.09 Å². The van der Waals surface area contributed by atoms with Crippen molar-refractivity contribution in [1.82, 2.24) is 5.32 Å². The van der Waals surface area contributed by atoms with Gasteiger partial charge < -0.3 is 4.74 Å². The van der Waals surface area contributed by atoms with Crippen molar-refractivity contribution in [2.45, 2.75) is 6.92 Å². The molecule has 5 nitrogen and oxygen atoms in total. The largest absolute Gasteiger partial charge is 0.450 e. The highest BCUT2D eigenvalue weighted by Crippen LogP contribution is 2.11. The summed E-state index contributed by atoms with van der Waals surface area (Å²) < 4.78 is 17.9. The smallest absolute Gasteiger partial charge is 0.414 e. The third-order valence-electron chi connectivity index (χ3n) is 2.06. The lowest BCUT2D eigenvalue weighted by Gasteiger charge is -2.03. The van der Waals surface area contributed by atoms with Crippen LogP contribution in [0.3, 0.4) is 0 Å². The van der Waals surface area contributed by atoms with Gasteiger partial charge in [0, 0.05) is 5.56 Å². The Bertz CT molecular complexity index is 561. The van der Waals surface area contributed by atoms with Crippen LogP contribution in [0.25, 0.3) is 6.08 Å². The Balaban J connectivity index is 2.90. The van der Waals surface area contributed by atoms with Crippen LogP contribution in [0.5, 0.6) is 0 Å². The minimum Gasteiger partial charge on any atom is -0.450 e. The second-order valence-corrected chi connectivity index (χ2v) is 3.37. The average molecular weight is 262 g/mol. The third-order valence-corrected chi connectivity index (χ3v) is 2.06. The summed E-state index contributed by atoms with van der Waals surface area (Å²) in [6, 6.07) is 7.25. The van der Waals surface area contributed by atoms with Crippen molar-refractivity contribution in [3.05, 3.63) is 41.2 Å². The van der Waals surface area contributed by atoms with E-state index in [4.69, 9.17) is 5.26 Å². The van der Waals surface area contributed by atoms with Crippen LogP contribution in [0.4, 0.5) is 9.18 Å². The molecule has 1 aromatic rings. The summed E-state index contributed by atoms with van der Waals surface area (Å²) in [6.45, 7) is 1.67. The predicted octanol–water partition coefficient (Wildman–Crippen LogP) is 2.01. The van der Waals surface area contributed by atoms with Crippen LogP contribution >= 0.6 is 0 Å². The first-order valence-electron chi connectivity index (χ1n) is 5.43. The first-order valence-corrected chi connectivity index (χ1v) is 5.43. The summed E-state index contributed by atoms with van der Waals surface area (Å²) >= 11 is 0. The van der Waals surface area contributed by atoms with E-state index < -0.39 is 23.4 Å². The first-order chi connectivity index (χ1) is 9.08. The second-order valence-electron chi connectivity index (χ2n) is 3.37. The second kappa shape index (κ2) is 6.91. The van der Waals surface area contributed by atoms with Gasteiger partial charge in [0.2, 0.25) is 0 Å². The van der Waals surface area contributed by atoms with E-state index in [0.29, 0.717) is 0 Å². The molecule has 0 aliphatic heterocycles. The Labute approximate surface area is 109 Å². The summed E-state index contributed by atoms with van der Waals surface area (Å²) in [7, 11) is 0. The fraction of sp³-hybridized carbons (Fsp3) is 0.154. The molecule has 0 aromatic heterocycles. The number of ether oxygens (including phenoxy) is 1. The Hall–Kier alpha value is -2.68. The molecular weight excluding hydrogens is 251 g/mol. The average Bonchev–Trinajstić information content (AvgIpc) is 2.37. The van der Waals surface area contributed by atoms with Crippen molar-refractivity contribution in [1.29, 1.82) is 5.26 Å². The molecule has 0 saturated carbocycles. The van der Waals surface area contributed by atoms with Gasteiger partial charge in [-0.2, -0.15) is 5.26 Å². The number of rotatable bonds is 3. The van der Waals surface area contributed by atoms with Gasteiger partial charge in [0.05, 0.1) is 6.61 Å². The molecule has 0 fully saturated rings. The zero-order valence-corrected chi connectivity index (χ0v) is 10.1. The van der Waals surface area contributed by atoms with Crippen LogP contribution in [0.15, 0.2) is 29.8 Å².